The van der Waals surface area contributed by atoms with Crippen molar-refractivity contribution in [2.75, 3.05) is 23.8 Å². The number of benzene rings is 2. The maximum atomic E-state index is 12.2. The summed E-state index contributed by atoms with van der Waals surface area (Å²) >= 11 is 0. The lowest BCUT2D eigenvalue weighted by Gasteiger charge is -2.13. The van der Waals surface area contributed by atoms with Gasteiger partial charge in [0, 0.05) is 17.4 Å². The molecule has 2 aromatic rings. The topological polar surface area (TPSA) is 59.6 Å². The summed E-state index contributed by atoms with van der Waals surface area (Å²) in [5.41, 5.74) is 1.60. The molecule has 0 aliphatic carbocycles. The standard InChI is InChI=1S/C23H32N2O3/c1-5-18(4)28-21-11-9-19(10-12-21)25-23(26)16-24-20-7-6-8-22(15-20)27-14-13-17(2)3/h6-12,15,17-18,24H,5,13-14,16H2,1-4H3,(H,25,26). The van der Waals surface area contributed by atoms with Crippen LogP contribution in [0, 0.1) is 5.92 Å². The van der Waals surface area contributed by atoms with E-state index < -0.39 is 0 Å². The number of anilines is 2. The second-order valence-corrected chi connectivity index (χ2v) is 7.32. The van der Waals surface area contributed by atoms with Gasteiger partial charge in [0.2, 0.25) is 5.91 Å². The average Bonchev–Trinajstić information content (AvgIpc) is 2.68. The van der Waals surface area contributed by atoms with Gasteiger partial charge in [-0.3, -0.25) is 4.79 Å². The van der Waals surface area contributed by atoms with Crippen LogP contribution >= 0.6 is 0 Å². The Morgan fingerprint density at radius 1 is 1.00 bits per heavy atom. The molecule has 0 aromatic heterocycles. The van der Waals surface area contributed by atoms with Gasteiger partial charge >= 0.3 is 0 Å². The first kappa shape index (κ1) is 21.6. The highest BCUT2D eigenvalue weighted by Crippen LogP contribution is 2.19. The van der Waals surface area contributed by atoms with Crippen LogP contribution < -0.4 is 20.1 Å². The minimum atomic E-state index is -0.110. The van der Waals surface area contributed by atoms with E-state index in [0.717, 1.165) is 35.7 Å². The zero-order chi connectivity index (χ0) is 20.4. The third-order valence-corrected chi connectivity index (χ3v) is 4.30. The van der Waals surface area contributed by atoms with E-state index >= 15 is 0 Å². The maximum Gasteiger partial charge on any atom is 0.243 e. The lowest BCUT2D eigenvalue weighted by Crippen LogP contribution is -2.21. The summed E-state index contributed by atoms with van der Waals surface area (Å²) in [5.74, 6) is 2.12. The van der Waals surface area contributed by atoms with Gasteiger partial charge in [-0.2, -0.15) is 0 Å². The summed E-state index contributed by atoms with van der Waals surface area (Å²) < 4.78 is 11.5. The molecule has 0 spiro atoms. The van der Waals surface area contributed by atoms with Crippen molar-refractivity contribution in [2.24, 2.45) is 5.92 Å². The van der Waals surface area contributed by atoms with Gasteiger partial charge in [-0.1, -0.05) is 26.8 Å². The SMILES string of the molecule is CCC(C)Oc1ccc(NC(=O)CNc2cccc(OCCC(C)C)c2)cc1. The van der Waals surface area contributed by atoms with Gasteiger partial charge in [-0.25, -0.2) is 0 Å². The molecule has 0 aliphatic rings. The maximum absolute atomic E-state index is 12.2. The Hall–Kier alpha value is -2.69. The monoisotopic (exact) mass is 384 g/mol. The Bertz CT molecular complexity index is 729. The summed E-state index contributed by atoms with van der Waals surface area (Å²) in [6, 6.07) is 15.1. The summed E-state index contributed by atoms with van der Waals surface area (Å²) in [6.45, 7) is 9.34. The molecule has 0 radical (unpaired) electrons. The molecule has 1 unspecified atom stereocenters. The minimum absolute atomic E-state index is 0.110. The first-order valence-corrected chi connectivity index (χ1v) is 9.99. The second kappa shape index (κ2) is 11.2. The molecule has 0 aliphatic heterocycles. The van der Waals surface area contributed by atoms with Crippen LogP contribution in [-0.2, 0) is 4.79 Å². The van der Waals surface area contributed by atoms with E-state index in [0.29, 0.717) is 12.5 Å². The Morgan fingerprint density at radius 3 is 2.43 bits per heavy atom. The van der Waals surface area contributed by atoms with Crippen LogP contribution in [0.25, 0.3) is 0 Å². The van der Waals surface area contributed by atoms with Crippen molar-refractivity contribution in [2.45, 2.75) is 46.6 Å². The van der Waals surface area contributed by atoms with E-state index in [2.05, 4.69) is 31.4 Å². The van der Waals surface area contributed by atoms with Crippen molar-refractivity contribution < 1.29 is 14.3 Å². The zero-order valence-corrected chi connectivity index (χ0v) is 17.3. The zero-order valence-electron chi connectivity index (χ0n) is 17.3. The average molecular weight is 385 g/mol. The van der Waals surface area contributed by atoms with Crippen LogP contribution in [0.3, 0.4) is 0 Å². The summed E-state index contributed by atoms with van der Waals surface area (Å²) in [5, 5.41) is 6.01. The molecular formula is C23H32N2O3. The molecule has 0 heterocycles. The number of carbonyl (C=O) groups is 1. The number of hydrogen-bond acceptors (Lipinski definition) is 4. The molecular weight excluding hydrogens is 352 g/mol. The van der Waals surface area contributed by atoms with E-state index in [1.54, 1.807) is 0 Å². The molecule has 152 valence electrons. The molecule has 28 heavy (non-hydrogen) atoms. The van der Waals surface area contributed by atoms with Crippen molar-refractivity contribution in [1.29, 1.82) is 0 Å². The lowest BCUT2D eigenvalue weighted by molar-refractivity contribution is -0.114. The Morgan fingerprint density at radius 2 is 1.75 bits per heavy atom. The minimum Gasteiger partial charge on any atom is -0.494 e. The molecule has 0 fully saturated rings. The van der Waals surface area contributed by atoms with E-state index in [-0.39, 0.29) is 18.6 Å². The fourth-order valence-electron chi connectivity index (χ4n) is 2.43. The predicted octanol–water partition coefficient (Wildman–Crippen LogP) is 5.34. The molecule has 2 aromatic carbocycles. The molecule has 2 rings (SSSR count). The van der Waals surface area contributed by atoms with E-state index in [9.17, 15) is 4.79 Å². The Labute approximate surface area is 168 Å². The molecule has 5 heteroatoms. The van der Waals surface area contributed by atoms with Crippen LogP contribution in [0.4, 0.5) is 11.4 Å². The quantitative estimate of drug-likeness (QED) is 0.549. The normalized spacial score (nSPS) is 11.8. The predicted molar refractivity (Wildman–Crippen MR) is 115 cm³/mol. The highest BCUT2D eigenvalue weighted by Gasteiger charge is 2.05. The molecule has 0 bridgehead atoms. The Balaban J connectivity index is 1.79. The molecule has 5 nitrogen and oxygen atoms in total. The van der Waals surface area contributed by atoms with Crippen molar-refractivity contribution in [3.05, 3.63) is 48.5 Å². The second-order valence-electron chi connectivity index (χ2n) is 7.32. The number of hydrogen-bond donors (Lipinski definition) is 2. The van der Waals surface area contributed by atoms with E-state index in [1.165, 1.54) is 0 Å². The highest BCUT2D eigenvalue weighted by molar-refractivity contribution is 5.93. The fraction of sp³-hybridized carbons (Fsp3) is 0.435. The van der Waals surface area contributed by atoms with Crippen LogP contribution in [0.5, 0.6) is 11.5 Å². The van der Waals surface area contributed by atoms with E-state index in [1.807, 2.05) is 55.5 Å². The van der Waals surface area contributed by atoms with Gasteiger partial charge in [-0.15, -0.1) is 0 Å². The molecule has 2 N–H and O–H groups in total. The first-order valence-electron chi connectivity index (χ1n) is 9.99. The third-order valence-electron chi connectivity index (χ3n) is 4.30. The van der Waals surface area contributed by atoms with E-state index in [4.69, 9.17) is 9.47 Å². The number of nitrogens with one attached hydrogen (secondary N) is 2. The summed E-state index contributed by atoms with van der Waals surface area (Å²) in [4.78, 5) is 12.2. The lowest BCUT2D eigenvalue weighted by atomic mass is 10.1. The largest absolute Gasteiger partial charge is 0.494 e. The van der Waals surface area contributed by atoms with Crippen LogP contribution in [0.1, 0.15) is 40.5 Å². The van der Waals surface area contributed by atoms with Crippen LogP contribution in [0.2, 0.25) is 0 Å². The number of amides is 1. The molecule has 0 saturated carbocycles. The van der Waals surface area contributed by atoms with Gasteiger partial charge in [0.1, 0.15) is 11.5 Å². The fourth-order valence-corrected chi connectivity index (χ4v) is 2.43. The van der Waals surface area contributed by atoms with Crippen molar-refractivity contribution in [3.8, 4) is 11.5 Å². The molecule has 0 saturated heterocycles. The third kappa shape index (κ3) is 7.91. The Kier molecular flexibility index (Phi) is 8.66. The smallest absolute Gasteiger partial charge is 0.243 e. The van der Waals surface area contributed by atoms with Crippen molar-refractivity contribution in [1.82, 2.24) is 0 Å². The van der Waals surface area contributed by atoms with Crippen LogP contribution in [-0.4, -0.2) is 25.2 Å². The van der Waals surface area contributed by atoms with Gasteiger partial charge in [0.15, 0.2) is 0 Å². The first-order chi connectivity index (χ1) is 13.5. The number of ether oxygens (including phenoxy) is 2. The van der Waals surface area contributed by atoms with Gasteiger partial charge in [-0.05, 0) is 62.1 Å². The molecule has 1 amide bonds. The van der Waals surface area contributed by atoms with Gasteiger partial charge in [0.05, 0.1) is 19.3 Å². The summed E-state index contributed by atoms with van der Waals surface area (Å²) in [7, 11) is 0. The molecule has 1 atom stereocenters. The summed E-state index contributed by atoms with van der Waals surface area (Å²) in [6.07, 6.45) is 2.14. The van der Waals surface area contributed by atoms with Crippen molar-refractivity contribution in [3.63, 3.8) is 0 Å². The highest BCUT2D eigenvalue weighted by atomic mass is 16.5. The van der Waals surface area contributed by atoms with Crippen molar-refractivity contribution >= 4 is 17.3 Å². The van der Waals surface area contributed by atoms with Gasteiger partial charge < -0.3 is 20.1 Å². The number of carbonyl (C=O) groups excluding carboxylic acids is 1. The van der Waals surface area contributed by atoms with Gasteiger partial charge in [0.25, 0.3) is 0 Å². The van der Waals surface area contributed by atoms with Crippen LogP contribution in [0.15, 0.2) is 48.5 Å². The number of rotatable bonds is 11.